The van der Waals surface area contributed by atoms with Crippen LogP contribution in [0, 0.1) is 17.8 Å². The number of nitrogens with two attached hydrogens (primary N) is 1. The van der Waals surface area contributed by atoms with Gasteiger partial charge in [0.05, 0.1) is 11.3 Å². The van der Waals surface area contributed by atoms with Crippen LogP contribution in [-0.2, 0) is 11.6 Å². The van der Waals surface area contributed by atoms with E-state index in [1.807, 2.05) is 6.07 Å². The number of rotatable bonds is 5. The smallest absolute Gasteiger partial charge is 0.383 e. The summed E-state index contributed by atoms with van der Waals surface area (Å²) in [6, 6.07) is 3.85. The van der Waals surface area contributed by atoms with Gasteiger partial charge in [0.15, 0.2) is 0 Å². The Balaban J connectivity index is 1.57. The van der Waals surface area contributed by atoms with Gasteiger partial charge in [-0.05, 0) is 63.7 Å². The normalized spacial score (nSPS) is 33.1. The quantitative estimate of drug-likeness (QED) is 0.818. The van der Waals surface area contributed by atoms with E-state index in [-0.39, 0.29) is 11.5 Å². The van der Waals surface area contributed by atoms with Gasteiger partial charge >= 0.3 is 6.18 Å². The molecule has 4 aliphatic rings. The maximum absolute atomic E-state index is 13.3. The van der Waals surface area contributed by atoms with Crippen molar-refractivity contribution in [2.24, 2.45) is 17.8 Å². The molecule has 4 aliphatic carbocycles. The van der Waals surface area contributed by atoms with Crippen LogP contribution in [0.15, 0.2) is 18.3 Å². The Bertz CT molecular complexity index is 975. The van der Waals surface area contributed by atoms with Crippen LogP contribution >= 0.6 is 0 Å². The number of fused-ring (bicyclic) bond motifs is 1. The highest BCUT2D eigenvalue weighted by atomic mass is 19.4. The van der Waals surface area contributed by atoms with Gasteiger partial charge in [0.25, 0.3) is 0 Å². The summed E-state index contributed by atoms with van der Waals surface area (Å²) in [6.45, 7) is 4.22. The fourth-order valence-corrected chi connectivity index (χ4v) is 5.93. The lowest BCUT2D eigenvalue weighted by molar-refractivity contribution is -0.137. The zero-order valence-electron chi connectivity index (χ0n) is 17.0. The standard InChI is InChI=1S/C21H26F3N5/c1-5-10(2)29-16(20-12-7-15(28(3)4)18(20)17(12)20)8-14(27-29)11-6-13(21(22,23)24)19(25)26-9-11/h6,8-10,12,15,17-18H,5,7H2,1-4H3,(H2,25,26). The van der Waals surface area contributed by atoms with Gasteiger partial charge in [-0.2, -0.15) is 18.3 Å². The number of hydrogen-bond donors (Lipinski definition) is 1. The Morgan fingerprint density at radius 1 is 1.31 bits per heavy atom. The van der Waals surface area contributed by atoms with Gasteiger partial charge < -0.3 is 10.6 Å². The third kappa shape index (κ3) is 2.38. The number of anilines is 1. The minimum absolute atomic E-state index is 0.178. The predicted molar refractivity (Wildman–Crippen MR) is 104 cm³/mol. The molecule has 29 heavy (non-hydrogen) atoms. The summed E-state index contributed by atoms with van der Waals surface area (Å²) < 4.78 is 42.0. The number of alkyl halides is 3. The Morgan fingerprint density at radius 3 is 2.59 bits per heavy atom. The monoisotopic (exact) mass is 405 g/mol. The Labute approximate surface area is 168 Å². The van der Waals surface area contributed by atoms with E-state index < -0.39 is 17.6 Å². The molecule has 0 radical (unpaired) electrons. The van der Waals surface area contributed by atoms with Crippen LogP contribution < -0.4 is 5.73 Å². The highest BCUT2D eigenvalue weighted by Gasteiger charge is 2.93. The molecule has 2 aromatic heterocycles. The van der Waals surface area contributed by atoms with E-state index in [9.17, 15) is 13.2 Å². The first-order valence-electron chi connectivity index (χ1n) is 10.2. The summed E-state index contributed by atoms with van der Waals surface area (Å²) in [7, 11) is 4.27. The van der Waals surface area contributed by atoms with E-state index in [4.69, 9.17) is 10.8 Å². The molecule has 4 saturated carbocycles. The van der Waals surface area contributed by atoms with Crippen molar-refractivity contribution in [3.63, 3.8) is 0 Å². The third-order valence-electron chi connectivity index (χ3n) is 7.60. The van der Waals surface area contributed by atoms with Crippen molar-refractivity contribution < 1.29 is 13.2 Å². The average Bonchev–Trinajstić information content (AvgIpc) is 3.23. The Morgan fingerprint density at radius 2 is 2.03 bits per heavy atom. The van der Waals surface area contributed by atoms with Crippen LogP contribution in [0.1, 0.15) is 44.0 Å². The molecule has 0 amide bonds. The molecule has 4 fully saturated rings. The SMILES string of the molecule is CCC(C)n1nc(-c2cnc(N)c(C(F)(F)F)c2)cc1C12C3CC(N(C)C)C1C32. The van der Waals surface area contributed by atoms with E-state index in [2.05, 4.69) is 42.5 Å². The van der Waals surface area contributed by atoms with Crippen molar-refractivity contribution in [2.75, 3.05) is 19.8 Å². The van der Waals surface area contributed by atoms with Gasteiger partial charge in [0.2, 0.25) is 0 Å². The second-order valence-electron chi connectivity index (χ2n) is 9.13. The van der Waals surface area contributed by atoms with Crippen LogP contribution in [0.25, 0.3) is 11.3 Å². The molecule has 6 rings (SSSR count). The Hall–Kier alpha value is -2.09. The zero-order chi connectivity index (χ0) is 20.9. The largest absolute Gasteiger partial charge is 0.419 e. The van der Waals surface area contributed by atoms with E-state index >= 15 is 0 Å². The van der Waals surface area contributed by atoms with Gasteiger partial charge in [-0.3, -0.25) is 4.68 Å². The molecule has 8 heteroatoms. The fraction of sp³-hybridized carbons (Fsp3) is 0.619. The molecule has 2 bridgehead atoms. The number of pyridine rings is 1. The van der Waals surface area contributed by atoms with Crippen LogP contribution in [0.2, 0.25) is 0 Å². The van der Waals surface area contributed by atoms with Gasteiger partial charge in [0.1, 0.15) is 5.82 Å². The lowest BCUT2D eigenvalue weighted by Crippen LogP contribution is -2.28. The molecule has 0 saturated heterocycles. The number of halogens is 3. The van der Waals surface area contributed by atoms with Gasteiger partial charge in [-0.15, -0.1) is 0 Å². The first kappa shape index (κ1) is 18.9. The van der Waals surface area contributed by atoms with Crippen molar-refractivity contribution in [1.82, 2.24) is 19.7 Å². The first-order chi connectivity index (χ1) is 13.6. The van der Waals surface area contributed by atoms with Crippen molar-refractivity contribution in [3.8, 4) is 11.3 Å². The van der Waals surface area contributed by atoms with E-state index in [1.54, 1.807) is 0 Å². The molecule has 6 atom stereocenters. The first-order valence-corrected chi connectivity index (χ1v) is 10.2. The number of aromatic nitrogens is 3. The summed E-state index contributed by atoms with van der Waals surface area (Å²) in [5.74, 6) is 1.53. The molecule has 2 heterocycles. The minimum Gasteiger partial charge on any atom is -0.383 e. The number of nitrogen functional groups attached to an aromatic ring is 1. The summed E-state index contributed by atoms with van der Waals surface area (Å²) in [5, 5.41) is 4.76. The van der Waals surface area contributed by atoms with Crippen molar-refractivity contribution in [1.29, 1.82) is 0 Å². The van der Waals surface area contributed by atoms with Crippen molar-refractivity contribution in [3.05, 3.63) is 29.6 Å². The van der Waals surface area contributed by atoms with Crippen molar-refractivity contribution in [2.45, 2.75) is 50.4 Å². The highest BCUT2D eigenvalue weighted by Crippen LogP contribution is 2.91. The molecular weight excluding hydrogens is 379 g/mol. The summed E-state index contributed by atoms with van der Waals surface area (Å²) in [4.78, 5) is 6.11. The van der Waals surface area contributed by atoms with Gasteiger partial charge in [-0.1, -0.05) is 6.92 Å². The summed E-state index contributed by atoms with van der Waals surface area (Å²) in [6.07, 6.45) is -1.03. The molecule has 0 aromatic carbocycles. The molecule has 0 aliphatic heterocycles. The zero-order valence-corrected chi connectivity index (χ0v) is 17.0. The van der Waals surface area contributed by atoms with Crippen molar-refractivity contribution >= 4 is 5.82 Å². The molecule has 0 spiro atoms. The van der Waals surface area contributed by atoms with Gasteiger partial charge in [-0.25, -0.2) is 4.98 Å². The molecule has 5 nitrogen and oxygen atoms in total. The molecule has 2 N–H and O–H groups in total. The van der Waals surface area contributed by atoms with Crippen LogP contribution in [-0.4, -0.2) is 39.8 Å². The minimum atomic E-state index is -4.54. The molecule has 6 unspecified atom stereocenters. The van der Waals surface area contributed by atoms with E-state index in [1.165, 1.54) is 18.3 Å². The van der Waals surface area contributed by atoms with Crippen LogP contribution in [0.3, 0.4) is 0 Å². The topological polar surface area (TPSA) is 60.0 Å². The molecule has 156 valence electrons. The maximum Gasteiger partial charge on any atom is 0.419 e. The maximum atomic E-state index is 13.3. The van der Waals surface area contributed by atoms with E-state index in [0.29, 0.717) is 35.1 Å². The Kier molecular flexibility index (Phi) is 3.74. The number of hydrogen-bond acceptors (Lipinski definition) is 4. The third-order valence-corrected chi connectivity index (χ3v) is 7.60. The molecule has 2 aromatic rings. The summed E-state index contributed by atoms with van der Waals surface area (Å²) in [5.41, 5.74) is 6.84. The predicted octanol–water partition coefficient (Wildman–Crippen LogP) is 3.96. The lowest BCUT2D eigenvalue weighted by Gasteiger charge is -2.20. The molecular formula is C21H26F3N5. The lowest BCUT2D eigenvalue weighted by atomic mass is 9.99. The number of nitrogens with zero attached hydrogens (tertiary/aromatic N) is 4. The average molecular weight is 405 g/mol. The summed E-state index contributed by atoms with van der Waals surface area (Å²) >= 11 is 0. The van der Waals surface area contributed by atoms with Crippen LogP contribution in [0.5, 0.6) is 0 Å². The van der Waals surface area contributed by atoms with Crippen LogP contribution in [0.4, 0.5) is 19.0 Å². The van der Waals surface area contributed by atoms with Gasteiger partial charge in [0, 0.05) is 35.0 Å². The van der Waals surface area contributed by atoms with E-state index in [0.717, 1.165) is 12.5 Å². The second-order valence-corrected chi connectivity index (χ2v) is 9.13. The fourth-order valence-electron chi connectivity index (χ4n) is 5.93. The second kappa shape index (κ2) is 5.74. The highest BCUT2D eigenvalue weighted by molar-refractivity contribution is 5.65.